The van der Waals surface area contributed by atoms with Crippen molar-refractivity contribution >= 4 is 23.6 Å². The number of methoxy groups -OCH3 is 2. The van der Waals surface area contributed by atoms with Crippen molar-refractivity contribution in [3.63, 3.8) is 0 Å². The monoisotopic (exact) mass is 560 g/mol. The molecule has 0 saturated carbocycles. The Morgan fingerprint density at radius 2 is 1.80 bits per heavy atom. The van der Waals surface area contributed by atoms with Crippen LogP contribution < -0.4 is 11.1 Å². The van der Waals surface area contributed by atoms with Gasteiger partial charge in [-0.05, 0) is 44.3 Å². The Morgan fingerprint density at radius 1 is 1.10 bits per heavy atom. The topological polar surface area (TPSA) is 174 Å². The van der Waals surface area contributed by atoms with E-state index in [1.807, 2.05) is 13.0 Å². The SMILES string of the molecule is COC1/C=C\C=C(/C)C(=O)NC2=CC(=O)C=C(C2=O)C(CO)C(C)CC(CO)C(OC)C/C=C(\C)C1OC(N)=O. The Bertz CT molecular complexity index is 1120. The zero-order valence-corrected chi connectivity index (χ0v) is 23.6. The summed E-state index contributed by atoms with van der Waals surface area (Å²) >= 11 is 0. The van der Waals surface area contributed by atoms with Crippen LogP contribution in [-0.2, 0) is 28.6 Å². The van der Waals surface area contributed by atoms with Crippen molar-refractivity contribution in [2.45, 2.75) is 51.9 Å². The maximum Gasteiger partial charge on any atom is 0.405 e. The molecule has 1 aliphatic carbocycles. The molecule has 2 rings (SSSR count). The number of nitrogens with two attached hydrogens (primary N) is 1. The summed E-state index contributed by atoms with van der Waals surface area (Å²) in [4.78, 5) is 50.3. The molecule has 2 aliphatic rings. The molecule has 6 unspecified atom stereocenters. The van der Waals surface area contributed by atoms with Gasteiger partial charge in [-0.3, -0.25) is 14.4 Å². The van der Waals surface area contributed by atoms with Gasteiger partial charge in [0.1, 0.15) is 6.10 Å². The lowest BCUT2D eigenvalue weighted by Gasteiger charge is -2.31. The number of hydrogen-bond acceptors (Lipinski definition) is 9. The summed E-state index contributed by atoms with van der Waals surface area (Å²) in [5, 5.41) is 22.9. The zero-order valence-electron chi connectivity index (χ0n) is 23.6. The Labute approximate surface area is 234 Å². The van der Waals surface area contributed by atoms with Crippen LogP contribution in [0.5, 0.6) is 0 Å². The highest BCUT2D eigenvalue weighted by Crippen LogP contribution is 2.32. The Balaban J connectivity index is 2.60. The molecular weight excluding hydrogens is 520 g/mol. The fourth-order valence-corrected chi connectivity index (χ4v) is 4.92. The Hall–Kier alpha value is -3.38. The third-order valence-electron chi connectivity index (χ3n) is 7.30. The van der Waals surface area contributed by atoms with Crippen LogP contribution in [0, 0.1) is 17.8 Å². The number of hydrogen-bond donors (Lipinski definition) is 4. The number of aliphatic hydroxyl groups excluding tert-OH is 2. The van der Waals surface area contributed by atoms with Crippen LogP contribution in [0.15, 0.2) is 58.9 Å². The van der Waals surface area contributed by atoms with Crippen LogP contribution in [0.4, 0.5) is 4.79 Å². The van der Waals surface area contributed by atoms with Gasteiger partial charge in [-0.1, -0.05) is 31.2 Å². The number of carbonyl (C=O) groups excluding carboxylic acids is 4. The number of carbonyl (C=O) groups is 4. The van der Waals surface area contributed by atoms with Crippen LogP contribution >= 0.6 is 0 Å². The van der Waals surface area contributed by atoms with Crippen LogP contribution in [0.3, 0.4) is 0 Å². The lowest BCUT2D eigenvalue weighted by Crippen LogP contribution is -2.36. The summed E-state index contributed by atoms with van der Waals surface area (Å²) in [6.07, 6.45) is 6.24. The number of nitrogens with one attached hydrogen (secondary N) is 1. The molecule has 1 aliphatic heterocycles. The number of ether oxygens (including phenoxy) is 3. The first-order chi connectivity index (χ1) is 19.0. The summed E-state index contributed by atoms with van der Waals surface area (Å²) in [6.45, 7) is 4.43. The second-order valence-electron chi connectivity index (χ2n) is 10.0. The molecule has 2 bridgehead atoms. The van der Waals surface area contributed by atoms with Gasteiger partial charge in [-0.25, -0.2) is 4.79 Å². The molecule has 0 fully saturated rings. The molecule has 2 amide bonds. The molecule has 0 aromatic heterocycles. The third kappa shape index (κ3) is 8.56. The van der Waals surface area contributed by atoms with E-state index in [4.69, 9.17) is 19.9 Å². The first-order valence-corrected chi connectivity index (χ1v) is 13.1. The summed E-state index contributed by atoms with van der Waals surface area (Å²) in [5.41, 5.74) is 6.07. The minimum absolute atomic E-state index is 0.0908. The zero-order chi connectivity index (χ0) is 30.0. The van der Waals surface area contributed by atoms with Gasteiger partial charge in [0.2, 0.25) is 5.78 Å². The molecule has 220 valence electrons. The second-order valence-corrected chi connectivity index (χ2v) is 10.0. The highest BCUT2D eigenvalue weighted by molar-refractivity contribution is 6.21. The van der Waals surface area contributed by atoms with Gasteiger partial charge in [0, 0.05) is 49.9 Å². The van der Waals surface area contributed by atoms with Crippen molar-refractivity contribution in [2.75, 3.05) is 27.4 Å². The smallest absolute Gasteiger partial charge is 0.405 e. The average Bonchev–Trinajstić information content (AvgIpc) is 2.91. The number of amides is 2. The van der Waals surface area contributed by atoms with E-state index in [0.717, 1.165) is 6.08 Å². The average molecular weight is 561 g/mol. The van der Waals surface area contributed by atoms with Gasteiger partial charge >= 0.3 is 6.09 Å². The van der Waals surface area contributed by atoms with Crippen molar-refractivity contribution in [3.8, 4) is 0 Å². The van der Waals surface area contributed by atoms with Gasteiger partial charge in [0.15, 0.2) is 11.9 Å². The number of ketones is 2. The van der Waals surface area contributed by atoms with Crippen molar-refractivity contribution in [3.05, 3.63) is 58.9 Å². The summed E-state index contributed by atoms with van der Waals surface area (Å²) in [7, 11) is 2.94. The minimum atomic E-state index is -0.994. The lowest BCUT2D eigenvalue weighted by molar-refractivity contribution is -0.120. The number of Topliss-reactive ketones (excluding diaryl/α,β-unsaturated/α-hetero) is 1. The normalized spacial score (nSPS) is 32.5. The summed E-state index contributed by atoms with van der Waals surface area (Å²) in [6, 6.07) is 0. The van der Waals surface area contributed by atoms with Crippen LogP contribution in [0.2, 0.25) is 0 Å². The van der Waals surface area contributed by atoms with Gasteiger partial charge in [0.05, 0.1) is 18.4 Å². The highest BCUT2D eigenvalue weighted by Gasteiger charge is 2.34. The number of fused-ring (bicyclic) bond motifs is 2. The van der Waals surface area contributed by atoms with Gasteiger partial charge in [0.25, 0.3) is 5.91 Å². The third-order valence-corrected chi connectivity index (χ3v) is 7.30. The van der Waals surface area contributed by atoms with Gasteiger partial charge in [-0.2, -0.15) is 0 Å². The van der Waals surface area contributed by atoms with Gasteiger partial charge < -0.3 is 35.5 Å². The molecule has 0 aromatic carbocycles. The quantitative estimate of drug-likeness (QED) is 0.288. The number of allylic oxidation sites excluding steroid dienone is 5. The highest BCUT2D eigenvalue weighted by atomic mass is 16.6. The lowest BCUT2D eigenvalue weighted by atomic mass is 9.77. The number of rotatable bonds is 5. The van der Waals surface area contributed by atoms with Crippen molar-refractivity contribution < 1.29 is 43.6 Å². The molecule has 1 heterocycles. The van der Waals surface area contributed by atoms with Crippen LogP contribution in [0.1, 0.15) is 33.6 Å². The van der Waals surface area contributed by atoms with Crippen molar-refractivity contribution in [1.29, 1.82) is 0 Å². The summed E-state index contributed by atoms with van der Waals surface area (Å²) < 4.78 is 16.6. The fraction of sp³-hybridized carbons (Fsp3) is 0.517. The molecule has 40 heavy (non-hydrogen) atoms. The molecule has 11 nitrogen and oxygen atoms in total. The summed E-state index contributed by atoms with van der Waals surface area (Å²) in [5.74, 6) is -3.12. The van der Waals surface area contributed by atoms with Crippen LogP contribution in [0.25, 0.3) is 0 Å². The fourth-order valence-electron chi connectivity index (χ4n) is 4.92. The van der Waals surface area contributed by atoms with E-state index in [9.17, 15) is 29.4 Å². The predicted molar refractivity (Wildman–Crippen MR) is 147 cm³/mol. The van der Waals surface area contributed by atoms with Gasteiger partial charge in [-0.15, -0.1) is 0 Å². The first kappa shape index (κ1) is 32.8. The predicted octanol–water partition coefficient (Wildman–Crippen LogP) is 1.65. The van der Waals surface area contributed by atoms with Crippen molar-refractivity contribution in [2.24, 2.45) is 23.5 Å². The van der Waals surface area contributed by atoms with E-state index in [0.29, 0.717) is 18.4 Å². The first-order valence-electron chi connectivity index (χ1n) is 13.1. The molecule has 0 aromatic rings. The number of aliphatic hydroxyl groups is 2. The maximum atomic E-state index is 13.3. The number of primary amides is 1. The molecule has 0 saturated heterocycles. The Kier molecular flexibility index (Phi) is 12.7. The molecular formula is C29H40N2O9. The van der Waals surface area contributed by atoms with Crippen molar-refractivity contribution in [1.82, 2.24) is 5.32 Å². The minimum Gasteiger partial charge on any atom is -0.439 e. The molecule has 0 spiro atoms. The van der Waals surface area contributed by atoms with E-state index < -0.39 is 60.3 Å². The van der Waals surface area contributed by atoms with E-state index in [2.05, 4.69) is 5.32 Å². The maximum absolute atomic E-state index is 13.3. The van der Waals surface area contributed by atoms with E-state index in [1.165, 1.54) is 33.3 Å². The second kappa shape index (κ2) is 15.4. The van der Waals surface area contributed by atoms with E-state index in [1.54, 1.807) is 19.1 Å². The molecule has 6 atom stereocenters. The molecule has 11 heteroatoms. The Morgan fingerprint density at radius 3 is 2.38 bits per heavy atom. The largest absolute Gasteiger partial charge is 0.439 e. The standard InChI is InChI=1S/C29H40N2O9/c1-16-9-10-24(38-4)19(14-32)11-18(3)22(15-33)21-12-20(34)13-23(26(21)35)31-28(36)17(2)7-6-8-25(39-5)27(16)40-29(30)37/h6-9,12-13,18-19,22,24-25,27,32-33H,10-11,14-15H2,1-5H3,(H2,30,37)(H,31,36)/b8-6-,16-9+,17-7+. The molecule has 5 N–H and O–H groups in total. The van der Waals surface area contributed by atoms with E-state index >= 15 is 0 Å². The van der Waals surface area contributed by atoms with Crippen LogP contribution in [-0.4, -0.2) is 79.5 Å². The molecule has 0 radical (unpaired) electrons. The van der Waals surface area contributed by atoms with E-state index in [-0.39, 0.29) is 29.4 Å².